The Kier molecular flexibility index (Phi) is 4.14. The van der Waals surface area contributed by atoms with Gasteiger partial charge in [0.15, 0.2) is 0 Å². The highest BCUT2D eigenvalue weighted by Crippen LogP contribution is 2.22. The van der Waals surface area contributed by atoms with E-state index < -0.39 is 11.9 Å². The molecule has 1 aliphatic heterocycles. The summed E-state index contributed by atoms with van der Waals surface area (Å²) in [6, 6.07) is 5.56. The molecule has 1 aromatic rings. The molecule has 0 radical (unpaired) electrons. The molecule has 19 heavy (non-hydrogen) atoms. The van der Waals surface area contributed by atoms with Crippen molar-refractivity contribution in [1.82, 2.24) is 9.88 Å². The van der Waals surface area contributed by atoms with Gasteiger partial charge in [-0.05, 0) is 31.9 Å². The van der Waals surface area contributed by atoms with E-state index in [1.165, 1.54) is 0 Å². The van der Waals surface area contributed by atoms with E-state index in [4.69, 9.17) is 5.11 Å². The zero-order valence-corrected chi connectivity index (χ0v) is 11.0. The van der Waals surface area contributed by atoms with Gasteiger partial charge in [-0.25, -0.2) is 0 Å². The average molecular weight is 262 g/mol. The first-order chi connectivity index (χ1) is 9.08. The number of aliphatic carboxylic acids is 1. The number of rotatable bonds is 3. The fourth-order valence-corrected chi connectivity index (χ4v) is 2.42. The fourth-order valence-electron chi connectivity index (χ4n) is 2.42. The number of amides is 1. The molecule has 1 amide bonds. The van der Waals surface area contributed by atoms with Crippen LogP contribution in [0.1, 0.15) is 25.5 Å². The van der Waals surface area contributed by atoms with Crippen LogP contribution in [0.2, 0.25) is 0 Å². The van der Waals surface area contributed by atoms with Gasteiger partial charge in [0.25, 0.3) is 0 Å². The lowest BCUT2D eigenvalue weighted by Gasteiger charge is -2.36. The number of pyridine rings is 1. The van der Waals surface area contributed by atoms with Crippen LogP contribution in [-0.4, -0.2) is 39.5 Å². The fraction of sp³-hybridized carbons (Fsp3) is 0.500. The lowest BCUT2D eigenvalue weighted by molar-refractivity contribution is -0.147. The van der Waals surface area contributed by atoms with Crippen LogP contribution in [0, 0.1) is 5.92 Å². The Hall–Kier alpha value is -1.91. The van der Waals surface area contributed by atoms with E-state index in [1.54, 1.807) is 23.2 Å². The van der Waals surface area contributed by atoms with E-state index in [9.17, 15) is 9.59 Å². The summed E-state index contributed by atoms with van der Waals surface area (Å²) in [5, 5.41) is 9.06. The molecule has 0 bridgehead atoms. The van der Waals surface area contributed by atoms with Crippen molar-refractivity contribution < 1.29 is 14.7 Å². The highest BCUT2D eigenvalue weighted by molar-refractivity contribution is 5.80. The molecule has 2 atom stereocenters. The van der Waals surface area contributed by atoms with Crippen molar-refractivity contribution >= 4 is 11.9 Å². The van der Waals surface area contributed by atoms with E-state index >= 15 is 0 Å². The molecular weight excluding hydrogens is 244 g/mol. The molecule has 5 heteroatoms. The SMILES string of the molecule is C[C@H]1CC[C@@H](C(=O)O)CN1C(=O)Cc1ccccn1. The van der Waals surface area contributed by atoms with Crippen molar-refractivity contribution in [3.63, 3.8) is 0 Å². The summed E-state index contributed by atoms with van der Waals surface area (Å²) in [4.78, 5) is 29.1. The van der Waals surface area contributed by atoms with Gasteiger partial charge in [-0.2, -0.15) is 0 Å². The highest BCUT2D eigenvalue weighted by Gasteiger charge is 2.32. The number of carboxylic acid groups (broad SMARTS) is 1. The lowest BCUT2D eigenvalue weighted by atomic mass is 9.93. The molecule has 0 saturated carbocycles. The van der Waals surface area contributed by atoms with Gasteiger partial charge in [-0.1, -0.05) is 6.07 Å². The Labute approximate surface area is 112 Å². The molecule has 1 N–H and O–H groups in total. The van der Waals surface area contributed by atoms with Crippen LogP contribution in [0.3, 0.4) is 0 Å². The average Bonchev–Trinajstić information content (AvgIpc) is 2.40. The van der Waals surface area contributed by atoms with Gasteiger partial charge in [0.1, 0.15) is 0 Å². The summed E-state index contributed by atoms with van der Waals surface area (Å²) in [7, 11) is 0. The predicted octanol–water partition coefficient (Wildman–Crippen LogP) is 1.34. The molecule has 0 aromatic carbocycles. The third-order valence-corrected chi connectivity index (χ3v) is 3.61. The molecule has 1 fully saturated rings. The van der Waals surface area contributed by atoms with Crippen LogP contribution in [0.15, 0.2) is 24.4 Å². The summed E-state index contributed by atoms with van der Waals surface area (Å²) in [5.41, 5.74) is 0.720. The number of carbonyl (C=O) groups excluding carboxylic acids is 1. The minimum absolute atomic E-state index is 0.0443. The summed E-state index contributed by atoms with van der Waals surface area (Å²) in [6.45, 7) is 2.27. The van der Waals surface area contributed by atoms with Crippen molar-refractivity contribution in [2.75, 3.05) is 6.54 Å². The van der Waals surface area contributed by atoms with Crippen molar-refractivity contribution in [2.24, 2.45) is 5.92 Å². The van der Waals surface area contributed by atoms with Crippen LogP contribution in [0.5, 0.6) is 0 Å². The highest BCUT2D eigenvalue weighted by atomic mass is 16.4. The quantitative estimate of drug-likeness (QED) is 0.892. The van der Waals surface area contributed by atoms with E-state index in [1.807, 2.05) is 13.0 Å². The molecule has 1 aromatic heterocycles. The second kappa shape index (κ2) is 5.82. The molecule has 0 spiro atoms. The molecule has 0 unspecified atom stereocenters. The van der Waals surface area contributed by atoms with Crippen LogP contribution in [0.4, 0.5) is 0 Å². The molecule has 1 aliphatic rings. The van der Waals surface area contributed by atoms with Gasteiger partial charge in [0.2, 0.25) is 5.91 Å². The smallest absolute Gasteiger partial charge is 0.308 e. The summed E-state index contributed by atoms with van der Waals surface area (Å²) >= 11 is 0. The Morgan fingerprint density at radius 1 is 1.42 bits per heavy atom. The number of carbonyl (C=O) groups is 2. The number of likely N-dealkylation sites (tertiary alicyclic amines) is 1. The minimum atomic E-state index is -0.817. The first-order valence-electron chi connectivity index (χ1n) is 6.50. The third-order valence-electron chi connectivity index (χ3n) is 3.61. The number of hydrogen-bond acceptors (Lipinski definition) is 3. The van der Waals surface area contributed by atoms with Crippen LogP contribution in [0.25, 0.3) is 0 Å². The molecule has 1 saturated heterocycles. The van der Waals surface area contributed by atoms with E-state index in [2.05, 4.69) is 4.98 Å². The summed E-state index contributed by atoms with van der Waals surface area (Å²) in [5.74, 6) is -1.30. The number of piperidine rings is 1. The molecule has 5 nitrogen and oxygen atoms in total. The molecule has 2 heterocycles. The number of carboxylic acids is 1. The second-order valence-electron chi connectivity index (χ2n) is 5.01. The van der Waals surface area contributed by atoms with Crippen LogP contribution >= 0.6 is 0 Å². The topological polar surface area (TPSA) is 70.5 Å². The molecule has 102 valence electrons. The monoisotopic (exact) mass is 262 g/mol. The van der Waals surface area contributed by atoms with Crippen molar-refractivity contribution in [3.8, 4) is 0 Å². The van der Waals surface area contributed by atoms with Crippen molar-refractivity contribution in [3.05, 3.63) is 30.1 Å². The zero-order valence-electron chi connectivity index (χ0n) is 11.0. The maximum absolute atomic E-state index is 12.2. The van der Waals surface area contributed by atoms with Gasteiger partial charge in [0, 0.05) is 24.5 Å². The van der Waals surface area contributed by atoms with E-state index in [0.29, 0.717) is 13.0 Å². The van der Waals surface area contributed by atoms with Gasteiger partial charge >= 0.3 is 5.97 Å². The molecular formula is C14H18N2O3. The Balaban J connectivity index is 2.02. The van der Waals surface area contributed by atoms with Gasteiger partial charge in [0.05, 0.1) is 12.3 Å². The first-order valence-corrected chi connectivity index (χ1v) is 6.50. The van der Waals surface area contributed by atoms with Crippen molar-refractivity contribution in [1.29, 1.82) is 0 Å². The molecule has 2 rings (SSSR count). The maximum Gasteiger partial charge on any atom is 0.308 e. The Bertz CT molecular complexity index is 461. The number of hydrogen-bond donors (Lipinski definition) is 1. The van der Waals surface area contributed by atoms with Gasteiger partial charge in [-0.15, -0.1) is 0 Å². The zero-order chi connectivity index (χ0) is 13.8. The number of nitrogens with zero attached hydrogens (tertiary/aromatic N) is 2. The predicted molar refractivity (Wildman–Crippen MR) is 69.5 cm³/mol. The number of aromatic nitrogens is 1. The Morgan fingerprint density at radius 3 is 2.84 bits per heavy atom. The second-order valence-corrected chi connectivity index (χ2v) is 5.01. The van der Waals surface area contributed by atoms with Gasteiger partial charge < -0.3 is 10.0 Å². The summed E-state index contributed by atoms with van der Waals surface area (Å²) in [6.07, 6.45) is 3.27. The standard InChI is InChI=1S/C14H18N2O3/c1-10-5-6-11(14(18)19)9-16(10)13(17)8-12-4-2-3-7-15-12/h2-4,7,10-11H,5-6,8-9H2,1H3,(H,18,19)/t10-,11+/m0/s1. The lowest BCUT2D eigenvalue weighted by Crippen LogP contribution is -2.48. The summed E-state index contributed by atoms with van der Waals surface area (Å²) < 4.78 is 0. The normalized spacial score (nSPS) is 23.1. The molecule has 0 aliphatic carbocycles. The van der Waals surface area contributed by atoms with Crippen molar-refractivity contribution in [2.45, 2.75) is 32.2 Å². The van der Waals surface area contributed by atoms with Crippen LogP contribution < -0.4 is 0 Å². The van der Waals surface area contributed by atoms with Gasteiger partial charge in [-0.3, -0.25) is 14.6 Å². The first kappa shape index (κ1) is 13.5. The van der Waals surface area contributed by atoms with Crippen LogP contribution in [-0.2, 0) is 16.0 Å². The largest absolute Gasteiger partial charge is 0.481 e. The van der Waals surface area contributed by atoms with E-state index in [-0.39, 0.29) is 18.4 Å². The van der Waals surface area contributed by atoms with E-state index in [0.717, 1.165) is 12.1 Å². The maximum atomic E-state index is 12.2. The third kappa shape index (κ3) is 3.30. The Morgan fingerprint density at radius 2 is 2.21 bits per heavy atom. The minimum Gasteiger partial charge on any atom is -0.481 e.